The number of benzene rings is 1. The van der Waals surface area contributed by atoms with Crippen molar-refractivity contribution in [2.75, 3.05) is 13.4 Å². The van der Waals surface area contributed by atoms with Crippen LogP contribution in [-0.4, -0.2) is 13.4 Å². The Hall–Kier alpha value is -1.81. The Morgan fingerprint density at radius 1 is 1.29 bits per heavy atom. The molecule has 1 aromatic carbocycles. The first-order chi connectivity index (χ1) is 8.20. The van der Waals surface area contributed by atoms with Crippen LogP contribution >= 0.6 is 0 Å². The van der Waals surface area contributed by atoms with Crippen molar-refractivity contribution in [2.24, 2.45) is 0 Å². The number of hydrogen-bond donors (Lipinski definition) is 0. The highest BCUT2D eigenvalue weighted by molar-refractivity contribution is 5.78. The zero-order chi connectivity index (χ0) is 12.3. The lowest BCUT2D eigenvalue weighted by Crippen LogP contribution is -2.03. The van der Waals surface area contributed by atoms with Gasteiger partial charge in [-0.05, 0) is 32.0 Å². The van der Waals surface area contributed by atoms with E-state index >= 15 is 0 Å². The lowest BCUT2D eigenvalue weighted by Gasteiger charge is -2.06. The molecule has 0 aliphatic carbocycles. The van der Waals surface area contributed by atoms with Crippen molar-refractivity contribution in [3.63, 3.8) is 0 Å². The Morgan fingerprint density at radius 3 is 2.88 bits per heavy atom. The summed E-state index contributed by atoms with van der Waals surface area (Å²) in [6.45, 7) is 4.41. The minimum Gasteiger partial charge on any atom is -0.467 e. The summed E-state index contributed by atoms with van der Waals surface area (Å²) in [5.41, 5.74) is 0.801. The van der Waals surface area contributed by atoms with E-state index in [-0.39, 0.29) is 12.4 Å². The molecule has 0 N–H and O–H groups in total. The van der Waals surface area contributed by atoms with E-state index in [9.17, 15) is 4.79 Å². The van der Waals surface area contributed by atoms with Crippen LogP contribution < -0.4 is 10.4 Å². The van der Waals surface area contributed by atoms with Crippen molar-refractivity contribution in [1.29, 1.82) is 0 Å². The highest BCUT2D eigenvalue weighted by Crippen LogP contribution is 2.20. The van der Waals surface area contributed by atoms with Crippen LogP contribution in [0.3, 0.4) is 0 Å². The third kappa shape index (κ3) is 2.65. The van der Waals surface area contributed by atoms with Crippen LogP contribution in [0.15, 0.2) is 33.5 Å². The van der Waals surface area contributed by atoms with Crippen molar-refractivity contribution in [3.8, 4) is 5.75 Å². The molecule has 0 amide bonds. The third-order valence-corrected chi connectivity index (χ3v) is 2.39. The second-order valence-electron chi connectivity index (χ2n) is 3.67. The first kappa shape index (κ1) is 11.7. The molecule has 90 valence electrons. The number of hydrogen-bond acceptors (Lipinski definition) is 4. The Morgan fingerprint density at radius 2 is 2.12 bits per heavy atom. The molecule has 2 aromatic rings. The van der Waals surface area contributed by atoms with E-state index in [1.54, 1.807) is 19.1 Å². The molecule has 4 nitrogen and oxygen atoms in total. The molecular weight excluding hydrogens is 220 g/mol. The van der Waals surface area contributed by atoms with Gasteiger partial charge in [-0.2, -0.15) is 0 Å². The highest BCUT2D eigenvalue weighted by Gasteiger charge is 2.03. The minimum absolute atomic E-state index is 0.193. The SMILES string of the molecule is CCOCOc1ccc2cc(C)c(=O)oc2c1. The van der Waals surface area contributed by atoms with Crippen LogP contribution in [0.2, 0.25) is 0 Å². The van der Waals surface area contributed by atoms with Gasteiger partial charge in [0.15, 0.2) is 6.79 Å². The van der Waals surface area contributed by atoms with Gasteiger partial charge in [0, 0.05) is 23.6 Å². The van der Waals surface area contributed by atoms with Gasteiger partial charge in [0.05, 0.1) is 0 Å². The summed E-state index contributed by atoms with van der Waals surface area (Å²) in [7, 11) is 0. The van der Waals surface area contributed by atoms with E-state index in [4.69, 9.17) is 13.9 Å². The molecule has 0 saturated carbocycles. The summed E-state index contributed by atoms with van der Waals surface area (Å²) in [6.07, 6.45) is 0. The predicted octanol–water partition coefficient (Wildman–Crippen LogP) is 2.47. The topological polar surface area (TPSA) is 48.7 Å². The number of fused-ring (bicyclic) bond motifs is 1. The molecule has 1 heterocycles. The van der Waals surface area contributed by atoms with Crippen LogP contribution in [0.1, 0.15) is 12.5 Å². The molecule has 0 radical (unpaired) electrons. The number of rotatable bonds is 4. The smallest absolute Gasteiger partial charge is 0.339 e. The van der Waals surface area contributed by atoms with Crippen LogP contribution in [0.5, 0.6) is 5.75 Å². The monoisotopic (exact) mass is 234 g/mol. The van der Waals surface area contributed by atoms with E-state index in [0.717, 1.165) is 5.39 Å². The quantitative estimate of drug-likeness (QED) is 0.463. The number of ether oxygens (including phenoxy) is 2. The van der Waals surface area contributed by atoms with Gasteiger partial charge >= 0.3 is 5.63 Å². The van der Waals surface area contributed by atoms with E-state index in [0.29, 0.717) is 23.5 Å². The molecule has 0 atom stereocenters. The summed E-state index contributed by atoms with van der Waals surface area (Å²) in [5.74, 6) is 0.623. The third-order valence-electron chi connectivity index (χ3n) is 2.39. The normalized spacial score (nSPS) is 10.7. The maximum absolute atomic E-state index is 11.4. The van der Waals surface area contributed by atoms with Crippen molar-refractivity contribution >= 4 is 11.0 Å². The fraction of sp³-hybridized carbons (Fsp3) is 0.308. The molecular formula is C13H14O4. The van der Waals surface area contributed by atoms with E-state index in [2.05, 4.69) is 0 Å². The van der Waals surface area contributed by atoms with Gasteiger partial charge < -0.3 is 13.9 Å². The van der Waals surface area contributed by atoms with Gasteiger partial charge in [-0.1, -0.05) is 0 Å². The summed E-state index contributed by atoms with van der Waals surface area (Å²) in [4.78, 5) is 11.4. The number of aryl methyl sites for hydroxylation is 1. The van der Waals surface area contributed by atoms with Gasteiger partial charge in [-0.25, -0.2) is 4.79 Å². The first-order valence-corrected chi connectivity index (χ1v) is 5.46. The maximum Gasteiger partial charge on any atom is 0.339 e. The van der Waals surface area contributed by atoms with E-state index in [1.807, 2.05) is 19.1 Å². The lowest BCUT2D eigenvalue weighted by atomic mass is 10.2. The predicted molar refractivity (Wildman–Crippen MR) is 64.3 cm³/mol. The van der Waals surface area contributed by atoms with Crippen LogP contribution in [-0.2, 0) is 4.74 Å². The standard InChI is InChI=1S/C13H14O4/c1-3-15-8-16-11-5-4-10-6-9(2)13(14)17-12(10)7-11/h4-7H,3,8H2,1-2H3. The molecule has 1 aromatic heterocycles. The molecule has 0 bridgehead atoms. The fourth-order valence-corrected chi connectivity index (χ4v) is 1.48. The Bertz CT molecular complexity index is 571. The largest absolute Gasteiger partial charge is 0.467 e. The van der Waals surface area contributed by atoms with Crippen LogP contribution in [0.4, 0.5) is 0 Å². The second-order valence-corrected chi connectivity index (χ2v) is 3.67. The average Bonchev–Trinajstić information content (AvgIpc) is 2.31. The Balaban J connectivity index is 2.30. The van der Waals surface area contributed by atoms with Crippen molar-refractivity contribution < 1.29 is 13.9 Å². The lowest BCUT2D eigenvalue weighted by molar-refractivity contribution is 0.0224. The van der Waals surface area contributed by atoms with E-state index in [1.165, 1.54) is 0 Å². The van der Waals surface area contributed by atoms with Gasteiger partial charge in [0.2, 0.25) is 0 Å². The van der Waals surface area contributed by atoms with Crippen LogP contribution in [0.25, 0.3) is 11.0 Å². The molecule has 0 unspecified atom stereocenters. The summed E-state index contributed by atoms with van der Waals surface area (Å²) >= 11 is 0. The van der Waals surface area contributed by atoms with Crippen molar-refractivity contribution in [3.05, 3.63) is 40.2 Å². The van der Waals surface area contributed by atoms with Gasteiger partial charge in [-0.15, -0.1) is 0 Å². The van der Waals surface area contributed by atoms with Crippen molar-refractivity contribution in [2.45, 2.75) is 13.8 Å². The summed E-state index contributed by atoms with van der Waals surface area (Å²) in [6, 6.07) is 7.16. The highest BCUT2D eigenvalue weighted by atomic mass is 16.7. The average molecular weight is 234 g/mol. The molecule has 0 saturated heterocycles. The van der Waals surface area contributed by atoms with Crippen LogP contribution in [0, 0.1) is 6.92 Å². The van der Waals surface area contributed by atoms with Gasteiger partial charge in [-0.3, -0.25) is 0 Å². The molecule has 17 heavy (non-hydrogen) atoms. The molecule has 0 aliphatic rings. The molecule has 4 heteroatoms. The maximum atomic E-state index is 11.4. The first-order valence-electron chi connectivity index (χ1n) is 5.46. The van der Waals surface area contributed by atoms with Crippen molar-refractivity contribution in [1.82, 2.24) is 0 Å². The molecule has 0 fully saturated rings. The van der Waals surface area contributed by atoms with E-state index < -0.39 is 0 Å². The Labute approximate surface area is 98.8 Å². The zero-order valence-corrected chi connectivity index (χ0v) is 9.86. The van der Waals surface area contributed by atoms with Gasteiger partial charge in [0.1, 0.15) is 11.3 Å². The second kappa shape index (κ2) is 5.01. The Kier molecular flexibility index (Phi) is 3.44. The minimum atomic E-state index is -0.320. The molecule has 2 rings (SSSR count). The van der Waals surface area contributed by atoms with Gasteiger partial charge in [0.25, 0.3) is 0 Å². The molecule has 0 spiro atoms. The molecule has 0 aliphatic heterocycles. The fourth-order valence-electron chi connectivity index (χ4n) is 1.48. The summed E-state index contributed by atoms with van der Waals surface area (Å²) in [5, 5.41) is 0.880. The summed E-state index contributed by atoms with van der Waals surface area (Å²) < 4.78 is 15.6. The zero-order valence-electron chi connectivity index (χ0n) is 9.86.